The summed E-state index contributed by atoms with van der Waals surface area (Å²) in [6.07, 6.45) is 0.581. The zero-order chi connectivity index (χ0) is 21.0. The molecule has 2 aromatic carbocycles. The molecule has 0 radical (unpaired) electrons. The van der Waals surface area contributed by atoms with E-state index in [9.17, 15) is 9.59 Å². The monoisotopic (exact) mass is 410 g/mol. The van der Waals surface area contributed by atoms with E-state index >= 15 is 0 Å². The minimum atomic E-state index is -0.943. The predicted octanol–water partition coefficient (Wildman–Crippen LogP) is 3.13. The van der Waals surface area contributed by atoms with Gasteiger partial charge in [-0.15, -0.1) is 0 Å². The van der Waals surface area contributed by atoms with Crippen LogP contribution in [0.25, 0.3) is 0 Å². The van der Waals surface area contributed by atoms with E-state index in [0.717, 1.165) is 12.0 Å². The number of amides is 2. The van der Waals surface area contributed by atoms with Gasteiger partial charge in [0.05, 0.1) is 6.54 Å². The highest BCUT2D eigenvalue weighted by Gasteiger charge is 2.46. The molecule has 0 aliphatic carbocycles. The Hall–Kier alpha value is -3.22. The Morgan fingerprint density at radius 3 is 2.67 bits per heavy atom. The molecule has 0 spiro atoms. The first-order valence-corrected chi connectivity index (χ1v) is 10.2. The van der Waals surface area contributed by atoms with Crippen LogP contribution in [0.15, 0.2) is 54.6 Å². The number of carbonyl (C=O) groups excluding carboxylic acids is 2. The molecule has 1 saturated heterocycles. The van der Waals surface area contributed by atoms with Crippen molar-refractivity contribution in [1.29, 1.82) is 0 Å². The summed E-state index contributed by atoms with van der Waals surface area (Å²) in [6.45, 7) is 3.12. The highest BCUT2D eigenvalue weighted by atomic mass is 16.6. The van der Waals surface area contributed by atoms with Gasteiger partial charge < -0.3 is 19.5 Å². The maximum atomic E-state index is 13.0. The Bertz CT molecular complexity index is 903. The number of nitrogens with one attached hydrogen (secondary N) is 1. The van der Waals surface area contributed by atoms with E-state index in [4.69, 9.17) is 14.2 Å². The van der Waals surface area contributed by atoms with Crippen molar-refractivity contribution in [3.63, 3.8) is 0 Å². The van der Waals surface area contributed by atoms with Crippen LogP contribution in [0.4, 0.5) is 4.79 Å². The molecule has 2 aliphatic rings. The summed E-state index contributed by atoms with van der Waals surface area (Å²) < 4.78 is 17.0. The normalized spacial score (nSPS) is 22.4. The summed E-state index contributed by atoms with van der Waals surface area (Å²) in [6, 6.07) is 16.9. The Labute approximate surface area is 175 Å². The van der Waals surface area contributed by atoms with Gasteiger partial charge in [0.15, 0.2) is 11.5 Å². The first kappa shape index (κ1) is 20.1. The van der Waals surface area contributed by atoms with Gasteiger partial charge in [0.1, 0.15) is 24.9 Å². The van der Waals surface area contributed by atoms with Crippen LogP contribution < -0.4 is 14.8 Å². The van der Waals surface area contributed by atoms with E-state index < -0.39 is 11.6 Å². The third-order valence-electron chi connectivity index (χ3n) is 5.61. The number of para-hydroxylation sites is 2. The highest BCUT2D eigenvalue weighted by Crippen LogP contribution is 2.32. The van der Waals surface area contributed by atoms with Crippen LogP contribution in [0.5, 0.6) is 11.5 Å². The summed E-state index contributed by atoms with van der Waals surface area (Å²) in [4.78, 5) is 27.2. The lowest BCUT2D eigenvalue weighted by Gasteiger charge is -2.34. The van der Waals surface area contributed by atoms with Gasteiger partial charge in [-0.2, -0.15) is 0 Å². The van der Waals surface area contributed by atoms with Gasteiger partial charge in [-0.25, -0.2) is 4.79 Å². The first-order chi connectivity index (χ1) is 14.6. The molecule has 4 rings (SSSR count). The fourth-order valence-corrected chi connectivity index (χ4v) is 3.85. The molecule has 2 aromatic rings. The van der Waals surface area contributed by atoms with Gasteiger partial charge in [-0.05, 0) is 37.5 Å². The van der Waals surface area contributed by atoms with E-state index in [1.54, 1.807) is 6.92 Å². The van der Waals surface area contributed by atoms with E-state index in [2.05, 4.69) is 5.32 Å². The van der Waals surface area contributed by atoms with E-state index in [1.165, 1.54) is 4.90 Å². The minimum Gasteiger partial charge on any atom is -0.486 e. The Kier molecular flexibility index (Phi) is 5.79. The molecule has 2 aliphatic heterocycles. The third-order valence-corrected chi connectivity index (χ3v) is 5.61. The SMILES string of the molecule is CC1(C(=O)NCC2COc3ccccc3O2)CCCN1C(=O)OCc1ccccc1. The first-order valence-electron chi connectivity index (χ1n) is 10.2. The number of nitrogens with zero attached hydrogens (tertiary/aromatic N) is 1. The molecule has 1 N–H and O–H groups in total. The van der Waals surface area contributed by atoms with E-state index in [1.807, 2.05) is 54.6 Å². The lowest BCUT2D eigenvalue weighted by molar-refractivity contribution is -0.130. The summed E-state index contributed by atoms with van der Waals surface area (Å²) in [5, 5.41) is 2.93. The van der Waals surface area contributed by atoms with Crippen LogP contribution in [0.2, 0.25) is 0 Å². The highest BCUT2D eigenvalue weighted by molar-refractivity contribution is 5.90. The number of ether oxygens (including phenoxy) is 3. The van der Waals surface area contributed by atoms with E-state index in [0.29, 0.717) is 37.6 Å². The van der Waals surface area contributed by atoms with Crippen molar-refractivity contribution in [2.24, 2.45) is 0 Å². The standard InChI is InChI=1S/C23H26N2O5/c1-23(12-7-13-25(23)22(27)29-15-17-8-3-2-4-9-17)21(26)24-14-18-16-28-19-10-5-6-11-20(19)30-18/h2-6,8-11,18H,7,12-16H2,1H3,(H,24,26). The van der Waals surface area contributed by atoms with Gasteiger partial charge in [-0.1, -0.05) is 42.5 Å². The summed E-state index contributed by atoms with van der Waals surface area (Å²) in [7, 11) is 0. The Morgan fingerprint density at radius 2 is 1.87 bits per heavy atom. The summed E-state index contributed by atoms with van der Waals surface area (Å²) >= 11 is 0. The second-order valence-corrected chi connectivity index (χ2v) is 7.78. The summed E-state index contributed by atoms with van der Waals surface area (Å²) in [5.41, 5.74) is -0.0350. The largest absolute Gasteiger partial charge is 0.486 e. The van der Waals surface area contributed by atoms with Crippen molar-refractivity contribution in [3.05, 3.63) is 60.2 Å². The number of fused-ring (bicyclic) bond motifs is 1. The molecule has 2 heterocycles. The number of benzene rings is 2. The van der Waals surface area contributed by atoms with Crippen LogP contribution >= 0.6 is 0 Å². The number of likely N-dealkylation sites (tertiary alicyclic amines) is 1. The number of hydrogen-bond acceptors (Lipinski definition) is 5. The molecule has 2 amide bonds. The summed E-state index contributed by atoms with van der Waals surface area (Å²) in [5.74, 6) is 1.16. The van der Waals surface area contributed by atoms with Crippen LogP contribution in [-0.2, 0) is 16.1 Å². The minimum absolute atomic E-state index is 0.181. The zero-order valence-corrected chi connectivity index (χ0v) is 17.0. The Balaban J connectivity index is 1.32. The smallest absolute Gasteiger partial charge is 0.410 e. The molecular formula is C23H26N2O5. The number of rotatable bonds is 5. The molecule has 1 fully saturated rings. The molecule has 30 heavy (non-hydrogen) atoms. The van der Waals surface area contributed by atoms with Crippen molar-refractivity contribution in [1.82, 2.24) is 10.2 Å². The van der Waals surface area contributed by atoms with Crippen LogP contribution in [0, 0.1) is 0 Å². The fourth-order valence-electron chi connectivity index (χ4n) is 3.85. The lowest BCUT2D eigenvalue weighted by atomic mass is 9.98. The van der Waals surface area contributed by atoms with Gasteiger partial charge in [0.25, 0.3) is 0 Å². The van der Waals surface area contributed by atoms with Gasteiger partial charge >= 0.3 is 6.09 Å². The fraction of sp³-hybridized carbons (Fsp3) is 0.391. The maximum absolute atomic E-state index is 13.0. The van der Waals surface area contributed by atoms with Crippen LogP contribution in [-0.4, -0.2) is 48.2 Å². The average Bonchev–Trinajstić information content (AvgIpc) is 3.19. The molecule has 0 saturated carbocycles. The number of hydrogen-bond donors (Lipinski definition) is 1. The topological polar surface area (TPSA) is 77.1 Å². The van der Waals surface area contributed by atoms with Crippen molar-refractivity contribution in [2.75, 3.05) is 19.7 Å². The molecule has 2 unspecified atom stereocenters. The average molecular weight is 410 g/mol. The van der Waals surface area contributed by atoms with E-state index in [-0.39, 0.29) is 18.6 Å². The van der Waals surface area contributed by atoms with Gasteiger partial charge in [-0.3, -0.25) is 9.69 Å². The van der Waals surface area contributed by atoms with Crippen molar-refractivity contribution < 1.29 is 23.8 Å². The molecule has 0 bridgehead atoms. The lowest BCUT2D eigenvalue weighted by Crippen LogP contribution is -2.57. The van der Waals surface area contributed by atoms with Crippen molar-refractivity contribution >= 4 is 12.0 Å². The second kappa shape index (κ2) is 8.65. The molecule has 7 heteroatoms. The quantitative estimate of drug-likeness (QED) is 0.820. The zero-order valence-electron chi connectivity index (χ0n) is 17.0. The molecule has 7 nitrogen and oxygen atoms in total. The molecule has 2 atom stereocenters. The number of carbonyl (C=O) groups is 2. The van der Waals surface area contributed by atoms with Gasteiger partial charge in [0, 0.05) is 6.54 Å². The second-order valence-electron chi connectivity index (χ2n) is 7.78. The Morgan fingerprint density at radius 1 is 1.13 bits per heavy atom. The maximum Gasteiger partial charge on any atom is 0.410 e. The van der Waals surface area contributed by atoms with Crippen molar-refractivity contribution in [3.8, 4) is 11.5 Å². The van der Waals surface area contributed by atoms with Crippen molar-refractivity contribution in [2.45, 2.75) is 38.0 Å². The molecule has 158 valence electrons. The predicted molar refractivity (Wildman–Crippen MR) is 110 cm³/mol. The van der Waals surface area contributed by atoms with Gasteiger partial charge in [0.2, 0.25) is 5.91 Å². The molecular weight excluding hydrogens is 384 g/mol. The third kappa shape index (κ3) is 4.20. The van der Waals surface area contributed by atoms with Crippen LogP contribution in [0.1, 0.15) is 25.3 Å². The van der Waals surface area contributed by atoms with Crippen LogP contribution in [0.3, 0.4) is 0 Å². The molecule has 0 aromatic heterocycles.